The summed E-state index contributed by atoms with van der Waals surface area (Å²) in [6.45, 7) is 0.268. The highest BCUT2D eigenvalue weighted by molar-refractivity contribution is 7.92. The Labute approximate surface area is 228 Å². The van der Waals surface area contributed by atoms with Gasteiger partial charge in [0.2, 0.25) is 5.91 Å². The van der Waals surface area contributed by atoms with Gasteiger partial charge in [0.1, 0.15) is 23.7 Å². The Hall–Kier alpha value is -3.60. The van der Waals surface area contributed by atoms with E-state index >= 15 is 0 Å². The van der Waals surface area contributed by atoms with E-state index in [4.69, 9.17) is 14.2 Å². The average molecular weight is 553 g/mol. The van der Waals surface area contributed by atoms with Crippen LogP contribution in [0, 0.1) is 0 Å². The van der Waals surface area contributed by atoms with Crippen LogP contribution in [0.1, 0.15) is 29.9 Å². The summed E-state index contributed by atoms with van der Waals surface area (Å²) >= 11 is 0. The van der Waals surface area contributed by atoms with Gasteiger partial charge in [-0.25, -0.2) is 8.42 Å². The number of hydrogen-bond donors (Lipinski definition) is 3. The van der Waals surface area contributed by atoms with Gasteiger partial charge >= 0.3 is 0 Å². The number of ether oxygens (including phenoxy) is 3. The minimum atomic E-state index is -3.85. The van der Waals surface area contributed by atoms with Gasteiger partial charge < -0.3 is 24.6 Å². The second kappa shape index (κ2) is 11.6. The molecule has 3 aromatic carbocycles. The maximum absolute atomic E-state index is 13.0. The van der Waals surface area contributed by atoms with Crippen molar-refractivity contribution in [2.75, 3.05) is 25.0 Å². The van der Waals surface area contributed by atoms with Crippen LogP contribution in [0.3, 0.4) is 0 Å². The van der Waals surface area contributed by atoms with E-state index in [0.29, 0.717) is 30.2 Å². The van der Waals surface area contributed by atoms with Crippen LogP contribution >= 0.6 is 0 Å². The van der Waals surface area contributed by atoms with Gasteiger partial charge in [0.15, 0.2) is 0 Å². The lowest BCUT2D eigenvalue weighted by molar-refractivity contribution is -0.142. The molecule has 3 aromatic rings. The molecule has 0 spiro atoms. The van der Waals surface area contributed by atoms with Crippen molar-refractivity contribution >= 4 is 21.6 Å². The van der Waals surface area contributed by atoms with E-state index in [1.54, 1.807) is 30.3 Å². The van der Waals surface area contributed by atoms with E-state index < -0.39 is 28.3 Å². The number of carbonyl (C=O) groups is 1. The first-order valence-electron chi connectivity index (χ1n) is 12.9. The number of sulfonamides is 1. The Balaban J connectivity index is 1.26. The van der Waals surface area contributed by atoms with Crippen LogP contribution in [-0.4, -0.2) is 58.0 Å². The third-order valence-corrected chi connectivity index (χ3v) is 8.47. The number of aliphatic hydroxyl groups excluding tert-OH is 1. The fourth-order valence-corrected chi connectivity index (χ4v) is 6.29. The molecule has 3 N–H and O–H groups in total. The van der Waals surface area contributed by atoms with E-state index in [1.165, 1.54) is 19.2 Å². The molecule has 2 aliphatic heterocycles. The predicted octanol–water partition coefficient (Wildman–Crippen LogP) is 3.24. The molecule has 0 radical (unpaired) electrons. The number of rotatable bonds is 10. The maximum Gasteiger partial charge on any atom is 0.262 e. The van der Waals surface area contributed by atoms with Gasteiger partial charge in [-0.2, -0.15) is 0 Å². The standard InChI is InChI=1S/C29H32N2O7S/c1-36-21-8-5-9-23(15-21)39(34,35)31-20-10-11-26-24(14-20)25-16-22(37-27(18-32)29(25)38-26)17-28(33)30-13-12-19-6-3-2-4-7-19/h2-11,14-15,22,25,27,29,31-32H,12-13,16-18H2,1H3,(H,30,33)/t22-,25+,27-,29-/m0/s1. The van der Waals surface area contributed by atoms with Crippen LogP contribution in [0.2, 0.25) is 0 Å². The number of amides is 1. The van der Waals surface area contributed by atoms with Crippen LogP contribution in [0.15, 0.2) is 77.7 Å². The molecule has 5 rings (SSSR count). The summed E-state index contributed by atoms with van der Waals surface area (Å²) < 4.78 is 45.9. The summed E-state index contributed by atoms with van der Waals surface area (Å²) in [5, 5.41) is 13.0. The van der Waals surface area contributed by atoms with Gasteiger partial charge in [-0.15, -0.1) is 0 Å². The SMILES string of the molecule is COc1cccc(S(=O)(=O)Nc2ccc3c(c2)[C@H]2C[C@@H](CC(=O)NCCc4ccccc4)O[C@@H](CO)[C@H]2O3)c1. The average Bonchev–Trinajstić information content (AvgIpc) is 3.31. The zero-order valence-corrected chi connectivity index (χ0v) is 22.4. The first-order chi connectivity index (χ1) is 18.9. The smallest absolute Gasteiger partial charge is 0.262 e. The third-order valence-electron chi connectivity index (χ3n) is 7.09. The molecule has 39 heavy (non-hydrogen) atoms. The summed E-state index contributed by atoms with van der Waals surface area (Å²) in [4.78, 5) is 12.7. The lowest BCUT2D eigenvalue weighted by Gasteiger charge is -2.37. The second-order valence-corrected chi connectivity index (χ2v) is 11.4. The molecule has 2 aliphatic rings. The maximum atomic E-state index is 13.0. The zero-order valence-electron chi connectivity index (χ0n) is 21.6. The molecule has 10 heteroatoms. The van der Waals surface area contributed by atoms with Crippen molar-refractivity contribution in [1.29, 1.82) is 0 Å². The van der Waals surface area contributed by atoms with Crippen molar-refractivity contribution in [3.8, 4) is 11.5 Å². The Morgan fingerprint density at radius 1 is 1.08 bits per heavy atom. The highest BCUT2D eigenvalue weighted by Crippen LogP contribution is 2.47. The minimum Gasteiger partial charge on any atom is -0.497 e. The third kappa shape index (κ3) is 6.19. The van der Waals surface area contributed by atoms with Crippen LogP contribution in [-0.2, 0) is 26.0 Å². The molecular formula is C29H32N2O7S. The Kier molecular flexibility index (Phi) is 8.06. The molecule has 0 aliphatic carbocycles. The first-order valence-corrected chi connectivity index (χ1v) is 14.4. The van der Waals surface area contributed by atoms with Gasteiger partial charge in [-0.3, -0.25) is 9.52 Å². The quantitative estimate of drug-likeness (QED) is 0.353. The number of aliphatic hydroxyl groups is 1. The van der Waals surface area contributed by atoms with Crippen molar-refractivity contribution in [1.82, 2.24) is 5.32 Å². The molecule has 0 unspecified atom stereocenters. The molecule has 1 amide bonds. The fraction of sp³-hybridized carbons (Fsp3) is 0.345. The highest BCUT2D eigenvalue weighted by atomic mass is 32.2. The fourth-order valence-electron chi connectivity index (χ4n) is 5.20. The normalized spacial score (nSPS) is 21.8. The molecule has 0 bridgehead atoms. The zero-order chi connectivity index (χ0) is 27.4. The lowest BCUT2D eigenvalue weighted by Crippen LogP contribution is -2.47. The number of anilines is 1. The van der Waals surface area contributed by atoms with Gasteiger partial charge in [0.25, 0.3) is 10.0 Å². The number of nitrogens with one attached hydrogen (secondary N) is 2. The highest BCUT2D eigenvalue weighted by Gasteiger charge is 2.46. The molecule has 9 nitrogen and oxygen atoms in total. The molecule has 0 saturated carbocycles. The van der Waals surface area contributed by atoms with E-state index in [2.05, 4.69) is 10.0 Å². The number of fused-ring (bicyclic) bond motifs is 3. The Morgan fingerprint density at radius 3 is 2.67 bits per heavy atom. The molecule has 206 valence electrons. The molecule has 2 heterocycles. The molecule has 4 atom stereocenters. The summed E-state index contributed by atoms with van der Waals surface area (Å²) in [7, 11) is -2.37. The molecule has 1 saturated heterocycles. The van der Waals surface area contributed by atoms with Crippen molar-refractivity contribution in [3.63, 3.8) is 0 Å². The summed E-state index contributed by atoms with van der Waals surface area (Å²) in [6.07, 6.45) is -0.0366. The Bertz CT molecular complexity index is 1410. The largest absolute Gasteiger partial charge is 0.497 e. The van der Waals surface area contributed by atoms with Crippen LogP contribution < -0.4 is 19.5 Å². The van der Waals surface area contributed by atoms with Crippen LogP contribution in [0.4, 0.5) is 5.69 Å². The number of benzene rings is 3. The number of carbonyl (C=O) groups excluding carboxylic acids is 1. The monoisotopic (exact) mass is 552 g/mol. The Morgan fingerprint density at radius 2 is 1.90 bits per heavy atom. The van der Waals surface area contributed by atoms with E-state index in [0.717, 1.165) is 17.5 Å². The van der Waals surface area contributed by atoms with Gasteiger partial charge in [0, 0.05) is 29.8 Å². The van der Waals surface area contributed by atoms with E-state index in [-0.39, 0.29) is 29.7 Å². The predicted molar refractivity (Wildman–Crippen MR) is 146 cm³/mol. The number of hydrogen-bond acceptors (Lipinski definition) is 7. The van der Waals surface area contributed by atoms with Gasteiger partial charge in [-0.1, -0.05) is 36.4 Å². The van der Waals surface area contributed by atoms with Crippen molar-refractivity contribution in [2.45, 2.75) is 48.4 Å². The first kappa shape index (κ1) is 27.0. The van der Waals surface area contributed by atoms with E-state index in [1.807, 2.05) is 30.3 Å². The van der Waals surface area contributed by atoms with E-state index in [9.17, 15) is 18.3 Å². The molecule has 0 aromatic heterocycles. The minimum absolute atomic E-state index is 0.0845. The van der Waals surface area contributed by atoms with Crippen LogP contribution in [0.25, 0.3) is 0 Å². The number of methoxy groups -OCH3 is 1. The van der Waals surface area contributed by atoms with Crippen molar-refractivity contribution in [2.24, 2.45) is 0 Å². The van der Waals surface area contributed by atoms with Crippen molar-refractivity contribution < 1.29 is 32.5 Å². The molecular weight excluding hydrogens is 520 g/mol. The van der Waals surface area contributed by atoms with Gasteiger partial charge in [-0.05, 0) is 48.7 Å². The summed E-state index contributed by atoms with van der Waals surface area (Å²) in [5.41, 5.74) is 2.36. The van der Waals surface area contributed by atoms with Gasteiger partial charge in [0.05, 0.1) is 31.1 Å². The topological polar surface area (TPSA) is 123 Å². The summed E-state index contributed by atoms with van der Waals surface area (Å²) in [5.74, 6) is 0.777. The van der Waals surface area contributed by atoms with Crippen molar-refractivity contribution in [3.05, 3.63) is 83.9 Å². The molecule has 1 fully saturated rings. The lowest BCUT2D eigenvalue weighted by atomic mass is 9.84. The van der Waals surface area contributed by atoms with Crippen LogP contribution in [0.5, 0.6) is 11.5 Å². The second-order valence-electron chi connectivity index (χ2n) is 9.73. The summed E-state index contributed by atoms with van der Waals surface area (Å²) in [6, 6.07) is 21.3.